The van der Waals surface area contributed by atoms with E-state index in [9.17, 15) is 0 Å². The van der Waals surface area contributed by atoms with Crippen LogP contribution in [0.1, 0.15) is 0 Å². The fraction of sp³-hybridized carbons (Fsp3) is 0.125. The van der Waals surface area contributed by atoms with Crippen molar-refractivity contribution in [2.45, 2.75) is 0 Å². The van der Waals surface area contributed by atoms with Crippen molar-refractivity contribution in [1.29, 1.82) is 0 Å². The second kappa shape index (κ2) is 2.79. The van der Waals surface area contributed by atoms with Gasteiger partial charge in [-0.05, 0) is 28.1 Å². The maximum absolute atomic E-state index is 5.14. The minimum absolute atomic E-state index is 0.724. The lowest BCUT2D eigenvalue weighted by Gasteiger charge is -1.97. The van der Waals surface area contributed by atoms with Gasteiger partial charge < -0.3 is 9.72 Å². The highest BCUT2D eigenvalue weighted by Gasteiger charge is 2.04. The SMILES string of the molecule is COc1cccc2[nH]c(Br)nc12. The maximum atomic E-state index is 5.14. The zero-order valence-corrected chi connectivity index (χ0v) is 8.05. The Morgan fingerprint density at radius 1 is 1.50 bits per heavy atom. The molecule has 0 unspecified atom stereocenters. The molecule has 1 heterocycles. The van der Waals surface area contributed by atoms with Gasteiger partial charge in [0.15, 0.2) is 4.73 Å². The number of nitrogens with one attached hydrogen (secondary N) is 1. The molecule has 0 aliphatic heterocycles. The summed E-state index contributed by atoms with van der Waals surface area (Å²) in [5, 5.41) is 0. The van der Waals surface area contributed by atoms with Crippen LogP contribution in [0, 0.1) is 0 Å². The molecule has 0 saturated heterocycles. The standard InChI is InChI=1S/C8H7BrN2O/c1-12-6-4-2-3-5-7(6)11-8(9)10-5/h2-4H,1H3,(H,10,11). The molecule has 4 heteroatoms. The molecule has 0 atom stereocenters. The molecule has 1 aromatic carbocycles. The first-order chi connectivity index (χ1) is 5.81. The first-order valence-electron chi connectivity index (χ1n) is 3.49. The predicted octanol–water partition coefficient (Wildman–Crippen LogP) is 2.33. The van der Waals surface area contributed by atoms with Gasteiger partial charge in [0.2, 0.25) is 0 Å². The summed E-state index contributed by atoms with van der Waals surface area (Å²) in [7, 11) is 1.64. The average molecular weight is 227 g/mol. The topological polar surface area (TPSA) is 37.9 Å². The van der Waals surface area contributed by atoms with Crippen molar-refractivity contribution in [2.24, 2.45) is 0 Å². The van der Waals surface area contributed by atoms with Crippen LogP contribution >= 0.6 is 15.9 Å². The summed E-state index contributed by atoms with van der Waals surface area (Å²) >= 11 is 3.27. The van der Waals surface area contributed by atoms with Crippen LogP contribution in [0.2, 0.25) is 0 Å². The van der Waals surface area contributed by atoms with Gasteiger partial charge in [-0.3, -0.25) is 0 Å². The third-order valence-corrected chi connectivity index (χ3v) is 2.04. The Kier molecular flexibility index (Phi) is 1.77. The van der Waals surface area contributed by atoms with Crippen molar-refractivity contribution in [1.82, 2.24) is 9.97 Å². The third kappa shape index (κ3) is 1.08. The molecule has 0 radical (unpaired) electrons. The summed E-state index contributed by atoms with van der Waals surface area (Å²) in [5.74, 6) is 0.787. The first-order valence-corrected chi connectivity index (χ1v) is 4.29. The smallest absolute Gasteiger partial charge is 0.175 e. The Balaban J connectivity index is 2.78. The fourth-order valence-corrected chi connectivity index (χ4v) is 1.53. The summed E-state index contributed by atoms with van der Waals surface area (Å²) in [4.78, 5) is 7.28. The number of para-hydroxylation sites is 1. The Morgan fingerprint density at radius 2 is 2.33 bits per heavy atom. The normalized spacial score (nSPS) is 10.5. The largest absolute Gasteiger partial charge is 0.494 e. The van der Waals surface area contributed by atoms with E-state index >= 15 is 0 Å². The number of methoxy groups -OCH3 is 1. The van der Waals surface area contributed by atoms with Crippen molar-refractivity contribution >= 4 is 27.0 Å². The Morgan fingerprint density at radius 3 is 3.08 bits per heavy atom. The average Bonchev–Trinajstić information content (AvgIpc) is 2.44. The number of imidazole rings is 1. The van der Waals surface area contributed by atoms with E-state index in [1.165, 1.54) is 0 Å². The molecular weight excluding hydrogens is 220 g/mol. The second-order valence-electron chi connectivity index (χ2n) is 2.38. The molecule has 0 aliphatic carbocycles. The minimum atomic E-state index is 0.724. The van der Waals surface area contributed by atoms with Crippen molar-refractivity contribution in [2.75, 3.05) is 7.11 Å². The molecule has 0 aliphatic rings. The van der Waals surface area contributed by atoms with Gasteiger partial charge >= 0.3 is 0 Å². The number of hydrogen-bond donors (Lipinski definition) is 1. The molecule has 0 amide bonds. The van der Waals surface area contributed by atoms with Gasteiger partial charge in [0, 0.05) is 0 Å². The van der Waals surface area contributed by atoms with Crippen LogP contribution in [0.5, 0.6) is 5.75 Å². The number of H-pyrrole nitrogens is 1. The number of ether oxygens (including phenoxy) is 1. The van der Waals surface area contributed by atoms with Crippen LogP contribution < -0.4 is 4.74 Å². The van der Waals surface area contributed by atoms with Crippen molar-refractivity contribution < 1.29 is 4.74 Å². The summed E-state index contributed by atoms with van der Waals surface area (Å²) in [6, 6.07) is 5.76. The van der Waals surface area contributed by atoms with Gasteiger partial charge in [-0.1, -0.05) is 6.07 Å². The zero-order valence-electron chi connectivity index (χ0n) is 6.47. The van der Waals surface area contributed by atoms with Gasteiger partial charge in [0.1, 0.15) is 11.3 Å². The summed E-state index contributed by atoms with van der Waals surface area (Å²) in [5.41, 5.74) is 1.83. The number of aromatic nitrogens is 2. The highest BCUT2D eigenvalue weighted by atomic mass is 79.9. The van der Waals surface area contributed by atoms with Gasteiger partial charge in [-0.2, -0.15) is 0 Å². The molecule has 2 rings (SSSR count). The van der Waals surface area contributed by atoms with Crippen LogP contribution in [-0.4, -0.2) is 17.1 Å². The van der Waals surface area contributed by atoms with Crippen LogP contribution in [0.25, 0.3) is 11.0 Å². The van der Waals surface area contributed by atoms with Crippen LogP contribution in [0.4, 0.5) is 0 Å². The molecule has 1 aromatic heterocycles. The lowest BCUT2D eigenvalue weighted by atomic mass is 10.3. The molecule has 3 nitrogen and oxygen atoms in total. The molecule has 0 saturated carbocycles. The van der Waals surface area contributed by atoms with Gasteiger partial charge in [-0.25, -0.2) is 4.98 Å². The molecule has 0 bridgehead atoms. The molecule has 12 heavy (non-hydrogen) atoms. The monoisotopic (exact) mass is 226 g/mol. The number of aromatic amines is 1. The lowest BCUT2D eigenvalue weighted by molar-refractivity contribution is 0.419. The lowest BCUT2D eigenvalue weighted by Crippen LogP contribution is -1.83. The number of nitrogens with zero attached hydrogens (tertiary/aromatic N) is 1. The van der Waals surface area contributed by atoms with Crippen molar-refractivity contribution in [3.05, 3.63) is 22.9 Å². The minimum Gasteiger partial charge on any atom is -0.494 e. The molecule has 2 aromatic rings. The number of halogens is 1. The Hall–Kier alpha value is -1.03. The fourth-order valence-electron chi connectivity index (χ4n) is 1.14. The zero-order chi connectivity index (χ0) is 8.55. The summed E-state index contributed by atoms with van der Waals surface area (Å²) in [6.07, 6.45) is 0. The second-order valence-corrected chi connectivity index (χ2v) is 3.14. The number of rotatable bonds is 1. The van der Waals surface area contributed by atoms with Crippen LogP contribution in [0.3, 0.4) is 0 Å². The van der Waals surface area contributed by atoms with E-state index in [0.717, 1.165) is 21.5 Å². The van der Waals surface area contributed by atoms with E-state index in [4.69, 9.17) is 4.74 Å². The highest BCUT2D eigenvalue weighted by Crippen LogP contribution is 2.24. The van der Waals surface area contributed by atoms with E-state index in [-0.39, 0.29) is 0 Å². The van der Waals surface area contributed by atoms with Crippen molar-refractivity contribution in [3.63, 3.8) is 0 Å². The number of benzene rings is 1. The molecular formula is C8H7BrN2O. The highest BCUT2D eigenvalue weighted by molar-refractivity contribution is 9.10. The maximum Gasteiger partial charge on any atom is 0.175 e. The molecule has 0 fully saturated rings. The van der Waals surface area contributed by atoms with E-state index in [1.54, 1.807) is 7.11 Å². The summed E-state index contributed by atoms with van der Waals surface area (Å²) < 4.78 is 5.86. The third-order valence-electron chi connectivity index (χ3n) is 1.67. The van der Waals surface area contributed by atoms with Crippen LogP contribution in [0.15, 0.2) is 22.9 Å². The van der Waals surface area contributed by atoms with Gasteiger partial charge in [0.05, 0.1) is 12.6 Å². The van der Waals surface area contributed by atoms with E-state index in [2.05, 4.69) is 25.9 Å². The number of fused-ring (bicyclic) bond motifs is 1. The molecule has 62 valence electrons. The van der Waals surface area contributed by atoms with E-state index in [1.807, 2.05) is 18.2 Å². The van der Waals surface area contributed by atoms with Gasteiger partial charge in [-0.15, -0.1) is 0 Å². The Labute approximate surface area is 77.9 Å². The van der Waals surface area contributed by atoms with Gasteiger partial charge in [0.25, 0.3) is 0 Å². The quantitative estimate of drug-likeness (QED) is 0.811. The van der Waals surface area contributed by atoms with Crippen LogP contribution in [-0.2, 0) is 0 Å². The van der Waals surface area contributed by atoms with E-state index in [0.29, 0.717) is 0 Å². The number of hydrogen-bond acceptors (Lipinski definition) is 2. The van der Waals surface area contributed by atoms with Crippen molar-refractivity contribution in [3.8, 4) is 5.75 Å². The van der Waals surface area contributed by atoms with E-state index < -0.39 is 0 Å². The predicted molar refractivity (Wildman–Crippen MR) is 50.3 cm³/mol. The summed E-state index contributed by atoms with van der Waals surface area (Å²) in [6.45, 7) is 0. The Bertz CT molecular complexity index is 410. The molecule has 0 spiro atoms. The molecule has 1 N–H and O–H groups in total. The first kappa shape index (κ1) is 7.61.